The van der Waals surface area contributed by atoms with E-state index in [0.29, 0.717) is 11.8 Å². The van der Waals surface area contributed by atoms with Gasteiger partial charge in [-0.05, 0) is 62.2 Å². The first kappa shape index (κ1) is 25.2. The van der Waals surface area contributed by atoms with Crippen LogP contribution in [0, 0.1) is 13.8 Å². The van der Waals surface area contributed by atoms with Gasteiger partial charge in [0, 0.05) is 11.3 Å². The number of hydrazone groups is 1. The molecule has 1 heterocycles. The molecule has 0 fully saturated rings. The molecule has 36 heavy (non-hydrogen) atoms. The van der Waals surface area contributed by atoms with Gasteiger partial charge in [-0.2, -0.15) is 5.10 Å². The Kier molecular flexibility index (Phi) is 8.52. The van der Waals surface area contributed by atoms with Gasteiger partial charge in [-0.25, -0.2) is 5.43 Å². The number of ether oxygens (including phenoxy) is 1. The molecule has 0 aliphatic carbocycles. The van der Waals surface area contributed by atoms with E-state index in [1.807, 2.05) is 91.2 Å². The minimum atomic E-state index is -0.227. The first-order valence-electron chi connectivity index (χ1n) is 11.8. The van der Waals surface area contributed by atoms with Crippen LogP contribution in [-0.4, -0.2) is 39.2 Å². The van der Waals surface area contributed by atoms with Crippen molar-refractivity contribution in [1.29, 1.82) is 0 Å². The van der Waals surface area contributed by atoms with Crippen LogP contribution in [0.2, 0.25) is 0 Å². The predicted octanol–water partition coefficient (Wildman–Crippen LogP) is 5.58. The van der Waals surface area contributed by atoms with Gasteiger partial charge in [0.05, 0.1) is 18.6 Å². The summed E-state index contributed by atoms with van der Waals surface area (Å²) in [7, 11) is 0. The summed E-state index contributed by atoms with van der Waals surface area (Å²) in [4.78, 5) is 12.5. The molecule has 3 aromatic carbocycles. The van der Waals surface area contributed by atoms with Crippen LogP contribution in [0.15, 0.2) is 83.1 Å². The molecule has 4 aromatic rings. The van der Waals surface area contributed by atoms with Gasteiger partial charge in [0.2, 0.25) is 0 Å². The van der Waals surface area contributed by atoms with Crippen LogP contribution >= 0.6 is 11.8 Å². The number of hydrogen-bond donors (Lipinski definition) is 1. The Morgan fingerprint density at radius 1 is 0.972 bits per heavy atom. The maximum Gasteiger partial charge on any atom is 0.250 e. The van der Waals surface area contributed by atoms with Gasteiger partial charge < -0.3 is 4.74 Å². The molecule has 1 N–H and O–H groups in total. The molecule has 7 nitrogen and oxygen atoms in total. The van der Waals surface area contributed by atoms with Gasteiger partial charge in [0.1, 0.15) is 5.75 Å². The molecule has 1 aromatic heterocycles. The fraction of sp³-hybridized carbons (Fsp3) is 0.214. The zero-order chi connectivity index (χ0) is 25.3. The lowest BCUT2D eigenvalue weighted by Gasteiger charge is -2.11. The molecule has 0 saturated carbocycles. The summed E-state index contributed by atoms with van der Waals surface area (Å²) in [5.74, 6) is 1.47. The minimum Gasteiger partial charge on any atom is -0.494 e. The van der Waals surface area contributed by atoms with Gasteiger partial charge >= 0.3 is 0 Å². The highest BCUT2D eigenvalue weighted by Crippen LogP contribution is 2.28. The van der Waals surface area contributed by atoms with Gasteiger partial charge in [0.15, 0.2) is 11.0 Å². The Bertz CT molecular complexity index is 1310. The highest BCUT2D eigenvalue weighted by molar-refractivity contribution is 7.99. The van der Waals surface area contributed by atoms with Crippen LogP contribution in [0.1, 0.15) is 30.0 Å². The quantitative estimate of drug-likeness (QED) is 0.175. The van der Waals surface area contributed by atoms with E-state index in [-0.39, 0.29) is 11.7 Å². The Hall–Kier alpha value is -3.91. The third-order valence-corrected chi connectivity index (χ3v) is 6.25. The molecule has 184 valence electrons. The first-order valence-corrected chi connectivity index (χ1v) is 12.8. The Morgan fingerprint density at radius 2 is 1.64 bits per heavy atom. The number of thioether (sulfide) groups is 1. The lowest BCUT2D eigenvalue weighted by Crippen LogP contribution is -2.20. The van der Waals surface area contributed by atoms with Crippen LogP contribution in [0.3, 0.4) is 0 Å². The molecule has 0 radical (unpaired) electrons. The highest BCUT2D eigenvalue weighted by atomic mass is 32.2. The largest absolute Gasteiger partial charge is 0.494 e. The van der Waals surface area contributed by atoms with Crippen molar-refractivity contribution >= 4 is 23.9 Å². The Morgan fingerprint density at radius 3 is 2.31 bits per heavy atom. The standard InChI is InChI=1S/C28H29N5O2S/c1-4-17-35-25-15-9-22(10-16-25)18-29-30-26(34)19-36-28-32-31-27(23-11-5-20(2)6-12-23)33(28)24-13-7-21(3)8-14-24/h5-16,18H,4,17,19H2,1-3H3,(H,30,34)/b29-18-. The summed E-state index contributed by atoms with van der Waals surface area (Å²) < 4.78 is 7.56. The lowest BCUT2D eigenvalue weighted by molar-refractivity contribution is -0.118. The molecule has 1 amide bonds. The zero-order valence-corrected chi connectivity index (χ0v) is 21.5. The van der Waals surface area contributed by atoms with Crippen LogP contribution in [0.25, 0.3) is 17.1 Å². The number of nitrogens with one attached hydrogen (secondary N) is 1. The van der Waals surface area contributed by atoms with Gasteiger partial charge in [0.25, 0.3) is 5.91 Å². The molecular weight excluding hydrogens is 470 g/mol. The van der Waals surface area contributed by atoms with Crippen LogP contribution in [0.5, 0.6) is 5.75 Å². The van der Waals surface area contributed by atoms with Gasteiger partial charge in [-0.1, -0.05) is 66.2 Å². The van der Waals surface area contributed by atoms with E-state index < -0.39 is 0 Å². The normalized spacial score (nSPS) is 11.1. The number of hydrogen-bond acceptors (Lipinski definition) is 6. The number of aryl methyl sites for hydroxylation is 2. The molecule has 0 saturated heterocycles. The van der Waals surface area contributed by atoms with E-state index in [9.17, 15) is 4.79 Å². The van der Waals surface area contributed by atoms with E-state index in [1.54, 1.807) is 6.21 Å². The summed E-state index contributed by atoms with van der Waals surface area (Å²) in [6.45, 7) is 6.85. The van der Waals surface area contributed by atoms with Crippen molar-refractivity contribution in [2.45, 2.75) is 32.3 Å². The number of carbonyl (C=O) groups is 1. The Balaban J connectivity index is 1.43. The van der Waals surface area contributed by atoms with E-state index in [4.69, 9.17) is 4.74 Å². The SMILES string of the molecule is CCCOc1ccc(/C=N\NC(=O)CSc2nnc(-c3ccc(C)cc3)n2-c2ccc(C)cc2)cc1. The zero-order valence-electron chi connectivity index (χ0n) is 20.6. The molecule has 0 unspecified atom stereocenters. The maximum atomic E-state index is 12.5. The van der Waals surface area contributed by atoms with Crippen molar-refractivity contribution in [3.05, 3.63) is 89.5 Å². The van der Waals surface area contributed by atoms with Crippen molar-refractivity contribution in [3.63, 3.8) is 0 Å². The average molecular weight is 500 g/mol. The lowest BCUT2D eigenvalue weighted by atomic mass is 10.1. The number of benzene rings is 3. The fourth-order valence-electron chi connectivity index (χ4n) is 3.39. The molecule has 0 aliphatic heterocycles. The molecule has 0 spiro atoms. The van der Waals surface area contributed by atoms with Gasteiger partial charge in [-0.15, -0.1) is 10.2 Å². The third kappa shape index (κ3) is 6.60. The summed E-state index contributed by atoms with van der Waals surface area (Å²) in [5.41, 5.74) is 7.69. The third-order valence-electron chi connectivity index (χ3n) is 5.32. The van der Waals surface area contributed by atoms with E-state index in [0.717, 1.165) is 34.8 Å². The maximum absolute atomic E-state index is 12.5. The van der Waals surface area contributed by atoms with Crippen LogP contribution < -0.4 is 10.2 Å². The van der Waals surface area contributed by atoms with Crippen molar-refractivity contribution in [3.8, 4) is 22.8 Å². The van der Waals surface area contributed by atoms with Gasteiger partial charge in [-0.3, -0.25) is 9.36 Å². The fourth-order valence-corrected chi connectivity index (χ4v) is 4.14. The number of carbonyl (C=O) groups excluding carboxylic acids is 1. The second-order valence-corrected chi connectivity index (χ2v) is 9.29. The molecule has 0 atom stereocenters. The van der Waals surface area contributed by atoms with E-state index >= 15 is 0 Å². The Labute approximate surface area is 215 Å². The van der Waals surface area contributed by atoms with E-state index in [2.05, 4.69) is 27.6 Å². The summed E-state index contributed by atoms with van der Waals surface area (Å²) in [6.07, 6.45) is 2.57. The van der Waals surface area contributed by atoms with Crippen LogP contribution in [-0.2, 0) is 4.79 Å². The highest BCUT2D eigenvalue weighted by Gasteiger charge is 2.17. The topological polar surface area (TPSA) is 81.4 Å². The second-order valence-electron chi connectivity index (χ2n) is 8.34. The number of rotatable bonds is 10. The van der Waals surface area contributed by atoms with Crippen molar-refractivity contribution < 1.29 is 9.53 Å². The monoisotopic (exact) mass is 499 g/mol. The summed E-state index contributed by atoms with van der Waals surface area (Å²) in [5, 5.41) is 13.5. The van der Waals surface area contributed by atoms with E-state index in [1.165, 1.54) is 22.9 Å². The van der Waals surface area contributed by atoms with Crippen molar-refractivity contribution in [2.75, 3.05) is 12.4 Å². The molecule has 8 heteroatoms. The predicted molar refractivity (Wildman–Crippen MR) is 145 cm³/mol. The number of amides is 1. The minimum absolute atomic E-state index is 0.152. The summed E-state index contributed by atoms with van der Waals surface area (Å²) in [6, 6.07) is 23.9. The molecule has 4 rings (SSSR count). The van der Waals surface area contributed by atoms with Crippen molar-refractivity contribution in [2.24, 2.45) is 5.10 Å². The first-order chi connectivity index (χ1) is 17.5. The molecular formula is C28H29N5O2S. The van der Waals surface area contributed by atoms with Crippen LogP contribution in [0.4, 0.5) is 0 Å². The second kappa shape index (κ2) is 12.2. The molecule has 0 aliphatic rings. The average Bonchev–Trinajstić information content (AvgIpc) is 3.32. The smallest absolute Gasteiger partial charge is 0.250 e. The summed E-state index contributed by atoms with van der Waals surface area (Å²) >= 11 is 1.32. The number of aromatic nitrogens is 3. The number of nitrogens with zero attached hydrogens (tertiary/aromatic N) is 4. The van der Waals surface area contributed by atoms with Crippen molar-refractivity contribution in [1.82, 2.24) is 20.2 Å². The molecule has 0 bridgehead atoms.